The van der Waals surface area contributed by atoms with Gasteiger partial charge in [0.2, 0.25) is 0 Å². The van der Waals surface area contributed by atoms with Crippen molar-refractivity contribution >= 4 is 17.9 Å². The number of rotatable bonds is 53. The van der Waals surface area contributed by atoms with E-state index in [-0.39, 0.29) is 31.1 Å². The van der Waals surface area contributed by atoms with Gasteiger partial charge in [0.25, 0.3) is 0 Å². The van der Waals surface area contributed by atoms with Crippen LogP contribution in [0.3, 0.4) is 0 Å². The van der Waals surface area contributed by atoms with Crippen molar-refractivity contribution in [3.63, 3.8) is 0 Å². The molecular weight excluding hydrogens is 841 g/mol. The Hall–Kier alpha value is -2.89. The molecule has 0 saturated carbocycles. The largest absolute Gasteiger partial charge is 0.462 e. The van der Waals surface area contributed by atoms with E-state index in [1.165, 1.54) is 167 Å². The van der Waals surface area contributed by atoms with E-state index in [4.69, 9.17) is 14.2 Å². The molecule has 0 unspecified atom stereocenters. The quantitative estimate of drug-likeness (QED) is 0.0262. The highest BCUT2D eigenvalue weighted by Crippen LogP contribution is 2.15. The van der Waals surface area contributed by atoms with E-state index < -0.39 is 6.10 Å². The molecule has 0 aromatic rings. The Labute approximate surface area is 421 Å². The zero-order valence-corrected chi connectivity index (χ0v) is 45.1. The molecule has 0 aliphatic carbocycles. The fourth-order valence-electron chi connectivity index (χ4n) is 8.25. The summed E-state index contributed by atoms with van der Waals surface area (Å²) in [5.74, 6) is -0.899. The Morgan fingerprint density at radius 1 is 0.294 bits per heavy atom. The summed E-state index contributed by atoms with van der Waals surface area (Å²) in [7, 11) is 0. The van der Waals surface area contributed by atoms with E-state index in [0.29, 0.717) is 19.3 Å². The summed E-state index contributed by atoms with van der Waals surface area (Å²) >= 11 is 0. The molecule has 0 spiro atoms. The standard InChI is InChI=1S/C62H110O6/c1-4-7-10-13-16-19-22-25-28-30-31-33-34-37-40-43-46-49-52-55-61(64)67-58-59(57-66-60(63)54-51-48-45-42-39-36-27-24-21-18-15-12-9-6-3)68-62(65)56-53-50-47-44-41-38-35-32-29-26-23-20-17-14-11-8-5-2/h15,17-18,20,24,26-27,29-31,59H,4-14,16,19,21-23,25,28,32-58H2,1-3H3/b18-15-,20-17-,27-24-,29-26-,31-30-/t59-/m1/s1. The molecule has 0 aliphatic heterocycles. The summed E-state index contributed by atoms with van der Waals surface area (Å²) in [6.45, 7) is 6.58. The first-order chi connectivity index (χ1) is 33.5. The molecule has 0 radical (unpaired) electrons. The minimum absolute atomic E-state index is 0.0834. The maximum Gasteiger partial charge on any atom is 0.306 e. The van der Waals surface area contributed by atoms with Crippen molar-refractivity contribution in [3.8, 4) is 0 Å². The number of unbranched alkanes of at least 4 members (excludes halogenated alkanes) is 32. The minimum atomic E-state index is -0.786. The Kier molecular flexibility index (Phi) is 54.3. The van der Waals surface area contributed by atoms with Crippen LogP contribution in [0.2, 0.25) is 0 Å². The summed E-state index contributed by atoms with van der Waals surface area (Å²) in [6.07, 6.45) is 70.6. The molecule has 1 atom stereocenters. The van der Waals surface area contributed by atoms with Gasteiger partial charge >= 0.3 is 17.9 Å². The Bertz CT molecular complexity index is 1230. The van der Waals surface area contributed by atoms with Gasteiger partial charge in [-0.15, -0.1) is 0 Å². The number of esters is 3. The van der Waals surface area contributed by atoms with Gasteiger partial charge in [0, 0.05) is 19.3 Å². The summed E-state index contributed by atoms with van der Waals surface area (Å²) in [5.41, 5.74) is 0. The third-order valence-corrected chi connectivity index (χ3v) is 12.7. The van der Waals surface area contributed by atoms with Crippen LogP contribution in [0.4, 0.5) is 0 Å². The fraction of sp³-hybridized carbons (Fsp3) is 0.790. The lowest BCUT2D eigenvalue weighted by atomic mass is 10.1. The first-order valence-corrected chi connectivity index (χ1v) is 29.3. The molecule has 6 nitrogen and oxygen atoms in total. The fourth-order valence-corrected chi connectivity index (χ4v) is 8.25. The van der Waals surface area contributed by atoms with Gasteiger partial charge in [0.05, 0.1) is 0 Å². The van der Waals surface area contributed by atoms with Gasteiger partial charge in [-0.05, 0) is 103 Å². The van der Waals surface area contributed by atoms with E-state index >= 15 is 0 Å². The van der Waals surface area contributed by atoms with E-state index in [0.717, 1.165) is 89.9 Å². The van der Waals surface area contributed by atoms with Gasteiger partial charge in [-0.25, -0.2) is 0 Å². The maximum atomic E-state index is 12.9. The SMILES string of the molecule is CCCC/C=C\C/C=C\CCCCCCCC(=O)OC[C@H](COC(=O)CCCCCCCCC/C=C\CCCCCCCCCC)OC(=O)CCCCCCCCC/C=C\C/C=C\CCCCC. The number of allylic oxidation sites excluding steroid dienone is 10. The normalized spacial score (nSPS) is 12.5. The molecule has 0 amide bonds. The van der Waals surface area contributed by atoms with Crippen LogP contribution in [0.5, 0.6) is 0 Å². The molecule has 0 bridgehead atoms. The lowest BCUT2D eigenvalue weighted by Gasteiger charge is -2.18. The molecular formula is C62H110O6. The zero-order valence-electron chi connectivity index (χ0n) is 45.1. The van der Waals surface area contributed by atoms with Crippen LogP contribution in [0.25, 0.3) is 0 Å². The number of ether oxygens (including phenoxy) is 3. The van der Waals surface area contributed by atoms with Gasteiger partial charge in [-0.1, -0.05) is 236 Å². The van der Waals surface area contributed by atoms with Crippen molar-refractivity contribution in [3.05, 3.63) is 60.8 Å². The van der Waals surface area contributed by atoms with Gasteiger partial charge in [-0.3, -0.25) is 14.4 Å². The van der Waals surface area contributed by atoms with Crippen molar-refractivity contribution in [2.45, 2.75) is 303 Å². The molecule has 0 heterocycles. The average Bonchev–Trinajstić information content (AvgIpc) is 3.34. The van der Waals surface area contributed by atoms with E-state index in [1.807, 2.05) is 0 Å². The molecule has 0 saturated heterocycles. The predicted molar refractivity (Wildman–Crippen MR) is 293 cm³/mol. The predicted octanol–water partition coefficient (Wildman–Crippen LogP) is 19.6. The summed E-state index contributed by atoms with van der Waals surface area (Å²) in [4.78, 5) is 38.2. The molecule has 0 fully saturated rings. The second kappa shape index (κ2) is 56.7. The van der Waals surface area contributed by atoms with Crippen LogP contribution < -0.4 is 0 Å². The van der Waals surface area contributed by atoms with Crippen LogP contribution in [0.15, 0.2) is 60.8 Å². The smallest absolute Gasteiger partial charge is 0.306 e. The summed E-state index contributed by atoms with van der Waals surface area (Å²) in [5, 5.41) is 0. The number of carbonyl (C=O) groups excluding carboxylic acids is 3. The van der Waals surface area contributed by atoms with Crippen molar-refractivity contribution in [1.29, 1.82) is 0 Å². The van der Waals surface area contributed by atoms with Gasteiger partial charge in [-0.2, -0.15) is 0 Å². The third kappa shape index (κ3) is 54.1. The molecule has 0 rings (SSSR count). The average molecular weight is 952 g/mol. The first-order valence-electron chi connectivity index (χ1n) is 29.3. The number of hydrogen-bond donors (Lipinski definition) is 0. The first kappa shape index (κ1) is 65.1. The van der Waals surface area contributed by atoms with Gasteiger partial charge < -0.3 is 14.2 Å². The van der Waals surface area contributed by atoms with Crippen molar-refractivity contribution in [2.75, 3.05) is 13.2 Å². The Morgan fingerprint density at radius 3 is 0.897 bits per heavy atom. The highest BCUT2D eigenvalue weighted by Gasteiger charge is 2.19. The minimum Gasteiger partial charge on any atom is -0.462 e. The monoisotopic (exact) mass is 951 g/mol. The van der Waals surface area contributed by atoms with Crippen molar-refractivity contribution in [1.82, 2.24) is 0 Å². The number of carbonyl (C=O) groups is 3. The molecule has 0 aliphatic rings. The van der Waals surface area contributed by atoms with Crippen molar-refractivity contribution in [2.24, 2.45) is 0 Å². The lowest BCUT2D eigenvalue weighted by molar-refractivity contribution is -0.167. The highest BCUT2D eigenvalue weighted by molar-refractivity contribution is 5.71. The van der Waals surface area contributed by atoms with Crippen LogP contribution >= 0.6 is 0 Å². The Balaban J connectivity index is 4.39. The second-order valence-corrected chi connectivity index (χ2v) is 19.5. The Morgan fingerprint density at radius 2 is 0.544 bits per heavy atom. The maximum absolute atomic E-state index is 12.9. The third-order valence-electron chi connectivity index (χ3n) is 12.7. The van der Waals surface area contributed by atoms with E-state index in [9.17, 15) is 14.4 Å². The molecule has 0 aromatic heterocycles. The van der Waals surface area contributed by atoms with Crippen LogP contribution in [-0.2, 0) is 28.6 Å². The molecule has 68 heavy (non-hydrogen) atoms. The van der Waals surface area contributed by atoms with Gasteiger partial charge in [0.1, 0.15) is 13.2 Å². The molecule has 6 heteroatoms. The van der Waals surface area contributed by atoms with Crippen LogP contribution in [0.1, 0.15) is 297 Å². The summed E-state index contributed by atoms with van der Waals surface area (Å²) < 4.78 is 16.9. The summed E-state index contributed by atoms with van der Waals surface area (Å²) in [6, 6.07) is 0. The molecule has 0 aromatic carbocycles. The lowest BCUT2D eigenvalue weighted by Crippen LogP contribution is -2.30. The highest BCUT2D eigenvalue weighted by atomic mass is 16.6. The topological polar surface area (TPSA) is 78.9 Å². The molecule has 0 N–H and O–H groups in total. The number of hydrogen-bond acceptors (Lipinski definition) is 6. The van der Waals surface area contributed by atoms with E-state index in [1.54, 1.807) is 0 Å². The van der Waals surface area contributed by atoms with E-state index in [2.05, 4.69) is 81.5 Å². The van der Waals surface area contributed by atoms with Crippen LogP contribution in [-0.4, -0.2) is 37.2 Å². The van der Waals surface area contributed by atoms with Gasteiger partial charge in [0.15, 0.2) is 6.10 Å². The van der Waals surface area contributed by atoms with Crippen LogP contribution in [0, 0.1) is 0 Å². The van der Waals surface area contributed by atoms with Crippen molar-refractivity contribution < 1.29 is 28.6 Å². The second-order valence-electron chi connectivity index (χ2n) is 19.5. The zero-order chi connectivity index (χ0) is 49.3. The molecule has 394 valence electrons.